The Hall–Kier alpha value is -0.510. The topological polar surface area (TPSA) is 43.8 Å². The number of hydrogen-bond acceptors (Lipinski definition) is 2. The summed E-state index contributed by atoms with van der Waals surface area (Å²) in [5.74, 6) is 0. The van der Waals surface area contributed by atoms with Crippen LogP contribution in [0.1, 0.15) is 26.5 Å². The van der Waals surface area contributed by atoms with Crippen LogP contribution < -0.4 is 5.73 Å². The Kier molecular flexibility index (Phi) is 2.21. The highest BCUT2D eigenvalue weighted by atomic mass is 79.9. The van der Waals surface area contributed by atoms with Gasteiger partial charge in [-0.1, -0.05) is 0 Å². The van der Waals surface area contributed by atoms with Crippen LogP contribution >= 0.6 is 15.9 Å². The lowest BCUT2D eigenvalue weighted by Gasteiger charge is -2.21. The molecular formula is C8H14BrN3. The molecule has 0 saturated heterocycles. The average Bonchev–Trinajstić information content (AvgIpc) is 2.15. The van der Waals surface area contributed by atoms with E-state index >= 15 is 0 Å². The molecule has 0 aromatic carbocycles. The van der Waals surface area contributed by atoms with E-state index in [4.69, 9.17) is 5.73 Å². The minimum Gasteiger partial charge on any atom is -0.395 e. The molecule has 0 aliphatic carbocycles. The minimum absolute atomic E-state index is 0.00970. The highest BCUT2D eigenvalue weighted by Gasteiger charge is 2.19. The van der Waals surface area contributed by atoms with Crippen LogP contribution in [0.4, 0.5) is 5.69 Å². The number of nitrogens with zero attached hydrogens (tertiary/aromatic N) is 2. The van der Waals surface area contributed by atoms with Crippen molar-refractivity contribution < 1.29 is 0 Å². The lowest BCUT2D eigenvalue weighted by Crippen LogP contribution is -2.24. The Labute approximate surface area is 81.1 Å². The van der Waals surface area contributed by atoms with Gasteiger partial charge in [0.05, 0.1) is 16.9 Å². The van der Waals surface area contributed by atoms with Crippen molar-refractivity contribution in [2.24, 2.45) is 0 Å². The van der Waals surface area contributed by atoms with Crippen LogP contribution in [-0.4, -0.2) is 9.78 Å². The standard InChI is InChI=1S/C8H14BrN3/c1-5-6(10)7(9)11-12(5)8(2,3)4/h10H2,1-4H3. The van der Waals surface area contributed by atoms with Gasteiger partial charge in [-0.05, 0) is 43.6 Å². The van der Waals surface area contributed by atoms with Gasteiger partial charge in [0.1, 0.15) is 0 Å². The maximum Gasteiger partial charge on any atom is 0.151 e. The molecule has 3 nitrogen and oxygen atoms in total. The van der Waals surface area contributed by atoms with Gasteiger partial charge in [0.25, 0.3) is 0 Å². The number of anilines is 1. The van der Waals surface area contributed by atoms with Gasteiger partial charge in [-0.2, -0.15) is 5.10 Å². The first kappa shape index (κ1) is 9.58. The van der Waals surface area contributed by atoms with Gasteiger partial charge >= 0.3 is 0 Å². The molecular weight excluding hydrogens is 218 g/mol. The highest BCUT2D eigenvalue weighted by Crippen LogP contribution is 2.26. The van der Waals surface area contributed by atoms with E-state index in [1.807, 2.05) is 11.6 Å². The number of aromatic nitrogens is 2. The molecule has 4 heteroatoms. The SMILES string of the molecule is Cc1c(N)c(Br)nn1C(C)(C)C. The van der Waals surface area contributed by atoms with Crippen molar-refractivity contribution in [3.63, 3.8) is 0 Å². The largest absolute Gasteiger partial charge is 0.395 e. The Morgan fingerprint density at radius 3 is 2.08 bits per heavy atom. The maximum atomic E-state index is 5.77. The van der Waals surface area contributed by atoms with Crippen molar-refractivity contribution in [1.29, 1.82) is 0 Å². The predicted octanol–water partition coefficient (Wildman–Crippen LogP) is 2.29. The van der Waals surface area contributed by atoms with Crippen LogP contribution in [0.25, 0.3) is 0 Å². The molecule has 0 radical (unpaired) electrons. The third-order valence-electron chi connectivity index (χ3n) is 1.75. The van der Waals surface area contributed by atoms with Crippen molar-refractivity contribution in [2.45, 2.75) is 33.2 Å². The van der Waals surface area contributed by atoms with E-state index in [9.17, 15) is 0 Å². The summed E-state index contributed by atoms with van der Waals surface area (Å²) in [6.07, 6.45) is 0. The van der Waals surface area contributed by atoms with Crippen molar-refractivity contribution in [2.75, 3.05) is 5.73 Å². The molecule has 0 amide bonds. The Balaban J connectivity index is 3.28. The van der Waals surface area contributed by atoms with Crippen LogP contribution in [0.3, 0.4) is 0 Å². The van der Waals surface area contributed by atoms with Gasteiger partial charge in [-0.15, -0.1) is 0 Å². The average molecular weight is 232 g/mol. The zero-order chi connectivity index (χ0) is 9.52. The second-order valence-corrected chi connectivity index (χ2v) is 4.62. The van der Waals surface area contributed by atoms with Crippen LogP contribution in [0.15, 0.2) is 4.60 Å². The first-order chi connectivity index (χ1) is 5.34. The fourth-order valence-electron chi connectivity index (χ4n) is 1.13. The summed E-state index contributed by atoms with van der Waals surface area (Å²) in [5, 5.41) is 4.29. The fourth-order valence-corrected chi connectivity index (χ4v) is 1.58. The third kappa shape index (κ3) is 1.48. The first-order valence-corrected chi connectivity index (χ1v) is 4.64. The molecule has 0 fully saturated rings. The molecule has 0 bridgehead atoms. The summed E-state index contributed by atoms with van der Waals surface area (Å²) >= 11 is 3.30. The molecule has 0 atom stereocenters. The quantitative estimate of drug-likeness (QED) is 0.745. The molecule has 0 saturated carbocycles. The van der Waals surface area contributed by atoms with Gasteiger partial charge in [0.15, 0.2) is 4.60 Å². The van der Waals surface area contributed by atoms with E-state index < -0.39 is 0 Å². The van der Waals surface area contributed by atoms with Crippen molar-refractivity contribution >= 4 is 21.6 Å². The summed E-state index contributed by atoms with van der Waals surface area (Å²) in [7, 11) is 0. The zero-order valence-electron chi connectivity index (χ0n) is 7.85. The van der Waals surface area contributed by atoms with Gasteiger partial charge in [0.2, 0.25) is 0 Å². The van der Waals surface area contributed by atoms with Gasteiger partial charge in [-0.25, -0.2) is 0 Å². The highest BCUT2D eigenvalue weighted by molar-refractivity contribution is 9.10. The van der Waals surface area contributed by atoms with Crippen molar-refractivity contribution in [3.8, 4) is 0 Å². The molecule has 1 aromatic rings. The van der Waals surface area contributed by atoms with Crippen LogP contribution in [-0.2, 0) is 5.54 Å². The first-order valence-electron chi connectivity index (χ1n) is 3.85. The molecule has 1 aromatic heterocycles. The smallest absolute Gasteiger partial charge is 0.151 e. The minimum atomic E-state index is -0.00970. The van der Waals surface area contributed by atoms with E-state index in [0.717, 1.165) is 16.0 Å². The van der Waals surface area contributed by atoms with Crippen LogP contribution in [0, 0.1) is 6.92 Å². The lowest BCUT2D eigenvalue weighted by molar-refractivity contribution is 0.347. The van der Waals surface area contributed by atoms with Crippen molar-refractivity contribution in [3.05, 3.63) is 10.3 Å². The third-order valence-corrected chi connectivity index (χ3v) is 2.34. The molecule has 12 heavy (non-hydrogen) atoms. The normalized spacial score (nSPS) is 12.1. The van der Waals surface area contributed by atoms with Gasteiger partial charge in [-0.3, -0.25) is 4.68 Å². The van der Waals surface area contributed by atoms with E-state index in [1.54, 1.807) is 0 Å². The summed E-state index contributed by atoms with van der Waals surface area (Å²) in [5.41, 5.74) is 7.49. The summed E-state index contributed by atoms with van der Waals surface area (Å²) in [6.45, 7) is 8.26. The molecule has 1 rings (SSSR count). The molecule has 0 spiro atoms. The number of nitrogen functional groups attached to an aromatic ring is 1. The maximum absolute atomic E-state index is 5.77. The predicted molar refractivity (Wildman–Crippen MR) is 54.1 cm³/mol. The number of hydrogen-bond donors (Lipinski definition) is 1. The second-order valence-electron chi connectivity index (χ2n) is 3.87. The monoisotopic (exact) mass is 231 g/mol. The lowest BCUT2D eigenvalue weighted by atomic mass is 10.1. The summed E-state index contributed by atoms with van der Waals surface area (Å²) < 4.78 is 2.65. The Morgan fingerprint density at radius 1 is 1.42 bits per heavy atom. The molecule has 2 N–H and O–H groups in total. The van der Waals surface area contributed by atoms with E-state index in [-0.39, 0.29) is 5.54 Å². The van der Waals surface area contributed by atoms with Crippen molar-refractivity contribution in [1.82, 2.24) is 9.78 Å². The number of nitrogens with two attached hydrogens (primary N) is 1. The summed E-state index contributed by atoms with van der Waals surface area (Å²) in [4.78, 5) is 0. The van der Waals surface area contributed by atoms with Crippen LogP contribution in [0.2, 0.25) is 0 Å². The molecule has 0 unspecified atom stereocenters. The number of halogens is 1. The zero-order valence-corrected chi connectivity index (χ0v) is 9.44. The van der Waals surface area contributed by atoms with E-state index in [0.29, 0.717) is 0 Å². The Bertz CT molecular complexity index is 296. The fraction of sp³-hybridized carbons (Fsp3) is 0.625. The van der Waals surface area contributed by atoms with Gasteiger partial charge in [0, 0.05) is 0 Å². The molecule has 0 aliphatic heterocycles. The van der Waals surface area contributed by atoms with E-state index in [2.05, 4.69) is 41.8 Å². The van der Waals surface area contributed by atoms with E-state index in [1.165, 1.54) is 0 Å². The Morgan fingerprint density at radius 2 is 1.92 bits per heavy atom. The molecule has 1 heterocycles. The second kappa shape index (κ2) is 2.76. The molecule has 68 valence electrons. The molecule has 0 aliphatic rings. The summed E-state index contributed by atoms with van der Waals surface area (Å²) in [6, 6.07) is 0. The van der Waals surface area contributed by atoms with Gasteiger partial charge < -0.3 is 5.73 Å². The number of rotatable bonds is 0. The van der Waals surface area contributed by atoms with Crippen LogP contribution in [0.5, 0.6) is 0 Å².